The van der Waals surface area contributed by atoms with Crippen LogP contribution in [0.3, 0.4) is 0 Å². The molecule has 11 heavy (non-hydrogen) atoms. The van der Waals surface area contributed by atoms with Crippen LogP contribution in [0.1, 0.15) is 13.3 Å². The largest absolute Gasteiger partial charge is 0.481 e. The minimum Gasteiger partial charge on any atom is -0.481 e. The van der Waals surface area contributed by atoms with Gasteiger partial charge in [-0.1, -0.05) is 0 Å². The molecule has 0 heterocycles. The second-order valence-electron chi connectivity index (χ2n) is 1.91. The zero-order chi connectivity index (χ0) is 9.28. The van der Waals surface area contributed by atoms with Crippen LogP contribution in [0.5, 0.6) is 0 Å². The first-order valence-electron chi connectivity index (χ1n) is 3.16. The Morgan fingerprint density at radius 2 is 2.00 bits per heavy atom. The van der Waals surface area contributed by atoms with Gasteiger partial charge in [-0.05, 0) is 13.3 Å². The summed E-state index contributed by atoms with van der Waals surface area (Å²) in [7, 11) is 0. The Hall–Kier alpha value is -0.260. The quantitative estimate of drug-likeness (QED) is 0.454. The summed E-state index contributed by atoms with van der Waals surface area (Å²) in [5.74, 6) is -0.965. The SMILES string of the molecule is CC(O)CCO.O=C(O)CS. The lowest BCUT2D eigenvalue weighted by Gasteiger charge is -1.95. The van der Waals surface area contributed by atoms with Gasteiger partial charge in [-0.15, -0.1) is 0 Å². The Kier molecular flexibility index (Phi) is 11.8. The number of thiol groups is 1. The van der Waals surface area contributed by atoms with E-state index in [9.17, 15) is 4.79 Å². The first-order chi connectivity index (χ1) is 5.04. The van der Waals surface area contributed by atoms with Gasteiger partial charge in [-0.3, -0.25) is 4.79 Å². The number of carbonyl (C=O) groups is 1. The van der Waals surface area contributed by atoms with E-state index in [2.05, 4.69) is 12.6 Å². The van der Waals surface area contributed by atoms with E-state index in [0.717, 1.165) is 0 Å². The Morgan fingerprint density at radius 3 is 2.00 bits per heavy atom. The van der Waals surface area contributed by atoms with Gasteiger partial charge in [0, 0.05) is 6.61 Å². The summed E-state index contributed by atoms with van der Waals surface area (Å²) in [4.78, 5) is 9.29. The van der Waals surface area contributed by atoms with E-state index >= 15 is 0 Å². The molecule has 3 N–H and O–H groups in total. The summed E-state index contributed by atoms with van der Waals surface area (Å²) >= 11 is 3.42. The number of hydrogen-bond donors (Lipinski definition) is 4. The Balaban J connectivity index is 0. The molecular formula is C6H14O4S. The summed E-state index contributed by atoms with van der Waals surface area (Å²) in [6, 6.07) is 0. The van der Waals surface area contributed by atoms with Crippen LogP contribution in [0.15, 0.2) is 0 Å². The van der Waals surface area contributed by atoms with Crippen molar-refractivity contribution in [2.75, 3.05) is 12.4 Å². The molecule has 0 aromatic heterocycles. The molecule has 0 bridgehead atoms. The number of carboxylic acids is 1. The smallest absolute Gasteiger partial charge is 0.313 e. The lowest BCUT2D eigenvalue weighted by atomic mass is 10.3. The number of aliphatic hydroxyl groups excluding tert-OH is 2. The normalized spacial score (nSPS) is 11.3. The predicted octanol–water partition coefficient (Wildman–Crippen LogP) is -0.250. The molecule has 0 aromatic carbocycles. The van der Waals surface area contributed by atoms with Gasteiger partial charge in [0.15, 0.2) is 0 Å². The number of carboxylic acid groups (broad SMARTS) is 1. The lowest BCUT2D eigenvalue weighted by molar-refractivity contribution is -0.133. The molecule has 0 aliphatic carbocycles. The van der Waals surface area contributed by atoms with E-state index in [-0.39, 0.29) is 18.5 Å². The first-order valence-corrected chi connectivity index (χ1v) is 3.79. The standard InChI is InChI=1S/C4H10O2.C2H4O2S/c1-4(6)2-3-5;3-2(4)1-5/h4-6H,2-3H2,1H3;5H,1H2,(H,3,4). The van der Waals surface area contributed by atoms with Crippen LogP contribution >= 0.6 is 12.6 Å². The van der Waals surface area contributed by atoms with E-state index in [1.54, 1.807) is 6.92 Å². The van der Waals surface area contributed by atoms with Crippen LogP contribution < -0.4 is 0 Å². The fraction of sp³-hybridized carbons (Fsp3) is 0.833. The molecule has 1 unspecified atom stereocenters. The number of aliphatic hydroxyl groups is 2. The van der Waals surface area contributed by atoms with Gasteiger partial charge in [0.2, 0.25) is 0 Å². The van der Waals surface area contributed by atoms with Crippen molar-refractivity contribution in [3.8, 4) is 0 Å². The van der Waals surface area contributed by atoms with Crippen molar-refractivity contribution in [2.45, 2.75) is 19.4 Å². The lowest BCUT2D eigenvalue weighted by Crippen LogP contribution is -2.00. The summed E-state index contributed by atoms with van der Waals surface area (Å²) in [5, 5.41) is 24.1. The molecule has 0 saturated carbocycles. The molecule has 0 rings (SSSR count). The molecule has 1 atom stereocenters. The van der Waals surface area contributed by atoms with Crippen molar-refractivity contribution < 1.29 is 20.1 Å². The Labute approximate surface area is 71.3 Å². The first kappa shape index (κ1) is 13.3. The van der Waals surface area contributed by atoms with Crippen molar-refractivity contribution in [3.05, 3.63) is 0 Å². The average Bonchev–Trinajstić information content (AvgIpc) is 1.89. The molecule has 0 fully saturated rings. The molecule has 4 nitrogen and oxygen atoms in total. The molecule has 68 valence electrons. The Morgan fingerprint density at radius 1 is 1.64 bits per heavy atom. The zero-order valence-corrected chi connectivity index (χ0v) is 7.29. The molecule has 0 aliphatic heterocycles. The summed E-state index contributed by atoms with van der Waals surface area (Å²) in [5.41, 5.74) is 0. The third-order valence-corrected chi connectivity index (χ3v) is 0.953. The van der Waals surface area contributed by atoms with Crippen LogP contribution in [0, 0.1) is 0 Å². The second kappa shape index (κ2) is 9.74. The van der Waals surface area contributed by atoms with Gasteiger partial charge in [0.1, 0.15) is 0 Å². The second-order valence-corrected chi connectivity index (χ2v) is 2.23. The van der Waals surface area contributed by atoms with Crippen molar-refractivity contribution in [1.29, 1.82) is 0 Å². The average molecular weight is 182 g/mol. The predicted molar refractivity (Wildman–Crippen MR) is 44.9 cm³/mol. The maximum absolute atomic E-state index is 9.29. The van der Waals surface area contributed by atoms with E-state index in [0.29, 0.717) is 6.42 Å². The van der Waals surface area contributed by atoms with Gasteiger partial charge in [-0.2, -0.15) is 12.6 Å². The van der Waals surface area contributed by atoms with E-state index < -0.39 is 5.97 Å². The summed E-state index contributed by atoms with van der Waals surface area (Å²) in [6.45, 7) is 1.73. The van der Waals surface area contributed by atoms with Gasteiger partial charge in [0.25, 0.3) is 0 Å². The topological polar surface area (TPSA) is 77.8 Å². The molecule has 0 saturated heterocycles. The maximum Gasteiger partial charge on any atom is 0.313 e. The number of hydrogen-bond acceptors (Lipinski definition) is 4. The van der Waals surface area contributed by atoms with Gasteiger partial charge in [-0.25, -0.2) is 0 Å². The molecule has 5 heteroatoms. The van der Waals surface area contributed by atoms with Crippen LogP contribution in [-0.4, -0.2) is 39.8 Å². The minimum atomic E-state index is -0.881. The fourth-order valence-electron chi connectivity index (χ4n) is 0.187. The van der Waals surface area contributed by atoms with Gasteiger partial charge >= 0.3 is 5.97 Å². The zero-order valence-electron chi connectivity index (χ0n) is 6.40. The van der Waals surface area contributed by atoms with E-state index in [1.807, 2.05) is 0 Å². The third-order valence-electron chi connectivity index (χ3n) is 0.682. The van der Waals surface area contributed by atoms with Gasteiger partial charge in [0.05, 0.1) is 11.9 Å². The van der Waals surface area contributed by atoms with Crippen LogP contribution in [-0.2, 0) is 4.79 Å². The van der Waals surface area contributed by atoms with Crippen LogP contribution in [0.2, 0.25) is 0 Å². The van der Waals surface area contributed by atoms with Crippen molar-refractivity contribution in [1.82, 2.24) is 0 Å². The maximum atomic E-state index is 9.29. The van der Waals surface area contributed by atoms with E-state index in [4.69, 9.17) is 15.3 Å². The highest BCUT2D eigenvalue weighted by molar-refractivity contribution is 7.81. The van der Waals surface area contributed by atoms with Crippen LogP contribution in [0.25, 0.3) is 0 Å². The van der Waals surface area contributed by atoms with Crippen molar-refractivity contribution in [3.63, 3.8) is 0 Å². The number of rotatable bonds is 3. The monoisotopic (exact) mass is 182 g/mol. The van der Waals surface area contributed by atoms with Gasteiger partial charge < -0.3 is 15.3 Å². The fourth-order valence-corrected chi connectivity index (χ4v) is 0.187. The molecule has 0 spiro atoms. The summed E-state index contributed by atoms with van der Waals surface area (Å²) in [6.07, 6.45) is 0.134. The molecular weight excluding hydrogens is 168 g/mol. The summed E-state index contributed by atoms with van der Waals surface area (Å²) < 4.78 is 0. The molecule has 0 aromatic rings. The highest BCUT2D eigenvalue weighted by atomic mass is 32.1. The van der Waals surface area contributed by atoms with E-state index in [1.165, 1.54) is 0 Å². The van der Waals surface area contributed by atoms with Crippen LogP contribution in [0.4, 0.5) is 0 Å². The number of aliphatic carboxylic acids is 1. The minimum absolute atomic E-state index is 0.0810. The van der Waals surface area contributed by atoms with Crippen molar-refractivity contribution in [2.24, 2.45) is 0 Å². The third kappa shape index (κ3) is 26.0. The highest BCUT2D eigenvalue weighted by Gasteiger charge is 1.88. The molecule has 0 radical (unpaired) electrons. The molecule has 0 aliphatic rings. The molecule has 0 amide bonds. The Bertz CT molecular complexity index is 94.6. The highest BCUT2D eigenvalue weighted by Crippen LogP contribution is 1.83. The van der Waals surface area contributed by atoms with Crippen molar-refractivity contribution >= 4 is 18.6 Å².